The van der Waals surface area contributed by atoms with Crippen molar-refractivity contribution < 1.29 is 57.8 Å². The first-order valence-corrected chi connectivity index (χ1v) is 29.2. The van der Waals surface area contributed by atoms with Gasteiger partial charge in [-0.25, -0.2) is 0 Å². The highest BCUT2D eigenvalue weighted by Gasteiger charge is 2.43. The molecule has 11 atom stereocenters. The van der Waals surface area contributed by atoms with E-state index in [1.165, 1.54) is 82.8 Å². The second-order valence-corrected chi connectivity index (χ2v) is 24.7. The molecule has 0 spiro atoms. The summed E-state index contributed by atoms with van der Waals surface area (Å²) in [5.74, 6) is -9.12. The smallest absolute Gasteiger partial charge is 0.246 e. The minimum atomic E-state index is -1.58. The summed E-state index contributed by atoms with van der Waals surface area (Å²) in [6.45, 7) is 25.2. The van der Waals surface area contributed by atoms with E-state index in [0.29, 0.717) is 6.42 Å². The SMILES string of the molecule is C/C=C/C[C@@H](C)[C@@H](O)[C@H]1C(=O)N[C@@H](CC)C(=O)N(C)CC(=O)N(C)[C@@H](CC(C)C)C(=O)N[C@@H](C(C)C)C(=O)N(C)[C@@H](CC(C)C)C(=O)N[C@@H](C)C(=O)N[C@H](C)C(=O)N(C)[C@@H](CC(C)C)C(=O)N(C)[C@@H](CC(C)C)C(=O)N(C)CC(=O)N1C. The summed E-state index contributed by atoms with van der Waals surface area (Å²) in [7, 11) is 9.78. The van der Waals surface area contributed by atoms with Crippen LogP contribution in [-0.2, 0) is 52.7 Å². The molecule has 0 bridgehead atoms. The van der Waals surface area contributed by atoms with E-state index in [4.69, 9.17) is 0 Å². The zero-order valence-corrected chi connectivity index (χ0v) is 53.6. The number of aliphatic hydroxyl groups is 1. The number of hydrogen-bond acceptors (Lipinski definition) is 12. The van der Waals surface area contributed by atoms with Crippen molar-refractivity contribution >= 4 is 65.0 Å². The van der Waals surface area contributed by atoms with Crippen molar-refractivity contribution in [1.29, 1.82) is 0 Å². The first-order chi connectivity index (χ1) is 37.9. The van der Waals surface area contributed by atoms with Gasteiger partial charge in [-0.05, 0) is 94.8 Å². The van der Waals surface area contributed by atoms with E-state index in [1.807, 2.05) is 55.4 Å². The molecule has 1 fully saturated rings. The summed E-state index contributed by atoms with van der Waals surface area (Å²) in [5, 5.41) is 22.8. The molecule has 0 aliphatic carbocycles. The molecule has 0 aromatic carbocycles. The highest BCUT2D eigenvalue weighted by Crippen LogP contribution is 2.23. The quantitative estimate of drug-likeness (QED) is 0.157. The van der Waals surface area contributed by atoms with Gasteiger partial charge in [0.1, 0.15) is 54.4 Å². The number of nitrogens with zero attached hydrogens (tertiary/aromatic N) is 7. The van der Waals surface area contributed by atoms with Gasteiger partial charge < -0.3 is 60.7 Å². The van der Waals surface area contributed by atoms with E-state index >= 15 is 0 Å². The van der Waals surface area contributed by atoms with Crippen LogP contribution < -0.4 is 21.3 Å². The van der Waals surface area contributed by atoms with Crippen LogP contribution in [0.5, 0.6) is 0 Å². The first-order valence-electron chi connectivity index (χ1n) is 29.2. The van der Waals surface area contributed by atoms with Crippen molar-refractivity contribution in [3.8, 4) is 0 Å². The molecule has 0 aromatic rings. The molecule has 0 saturated carbocycles. The second-order valence-electron chi connectivity index (χ2n) is 24.7. The third kappa shape index (κ3) is 21.2. The summed E-state index contributed by atoms with van der Waals surface area (Å²) in [6.07, 6.45) is 3.07. The minimum Gasteiger partial charge on any atom is -0.390 e. The molecule has 11 amide bonds. The summed E-state index contributed by atoms with van der Waals surface area (Å²) >= 11 is 0. The summed E-state index contributed by atoms with van der Waals surface area (Å²) in [6, 6.07) is -11.0. The topological polar surface area (TPSA) is 279 Å². The lowest BCUT2D eigenvalue weighted by molar-refractivity contribution is -0.153. The fourth-order valence-electron chi connectivity index (χ4n) is 9.87. The van der Waals surface area contributed by atoms with E-state index < -0.39 is 150 Å². The molecule has 1 rings (SSSR count). The molecule has 1 heterocycles. The zero-order valence-electron chi connectivity index (χ0n) is 53.6. The molecular weight excluding hydrogens is 1050 g/mol. The Morgan fingerprint density at radius 1 is 0.476 bits per heavy atom. The van der Waals surface area contributed by atoms with E-state index in [9.17, 15) is 57.8 Å². The fourth-order valence-corrected chi connectivity index (χ4v) is 9.87. The van der Waals surface area contributed by atoms with Crippen molar-refractivity contribution in [2.45, 2.75) is 203 Å². The molecule has 1 saturated heterocycles. The standard InChI is InChI=1S/C59H105N11O12/c1-23-25-26-38(13)50(73)49-54(77)62-41(24-2)56(79)64(16)31-46(71)66(18)42(27-33(3)4)53(76)63-48(37(11)12)59(82)67(19)43(28-34(5)6)52(75)60-39(14)51(74)61-40(15)55(78)68(20)45(30-36(9)10)58(81)69(21)44(29-35(7)8)57(80)65(17)32-47(72)70(49)22/h23,25,33-45,48-50,73H,24,26-32H2,1-22H3,(H,60,75)(H,61,74)(H,62,77)(H,63,76)/b25-23+/t38-,39+,40-,41+,42+,43+,44+,45+,48+,49+,50-/m1/s1. The number of carbonyl (C=O) groups is 11. The van der Waals surface area contributed by atoms with Crippen molar-refractivity contribution in [3.05, 3.63) is 12.2 Å². The van der Waals surface area contributed by atoms with Crippen molar-refractivity contribution in [1.82, 2.24) is 55.6 Å². The number of aliphatic hydroxyl groups excluding tert-OH is 1. The average Bonchev–Trinajstić information content (AvgIpc) is 3.55. The monoisotopic (exact) mass is 1160 g/mol. The first kappa shape index (κ1) is 73.9. The molecule has 0 unspecified atom stereocenters. The maximum atomic E-state index is 14.7. The third-order valence-electron chi connectivity index (χ3n) is 15.2. The number of carbonyl (C=O) groups excluding carboxylic acids is 11. The molecule has 5 N–H and O–H groups in total. The molecule has 0 radical (unpaired) electrons. The summed E-state index contributed by atoms with van der Waals surface area (Å²) in [5.41, 5.74) is 0. The van der Waals surface area contributed by atoms with E-state index in [0.717, 1.165) is 14.7 Å². The van der Waals surface area contributed by atoms with Crippen LogP contribution in [0.25, 0.3) is 0 Å². The predicted octanol–water partition coefficient (Wildman–Crippen LogP) is 2.24. The van der Waals surface area contributed by atoms with Crippen LogP contribution in [-0.4, -0.2) is 227 Å². The maximum absolute atomic E-state index is 14.7. The third-order valence-corrected chi connectivity index (χ3v) is 15.2. The molecular formula is C59H105N11O12. The lowest BCUT2D eigenvalue weighted by Gasteiger charge is -2.38. The van der Waals surface area contributed by atoms with Gasteiger partial charge in [0.05, 0.1) is 19.2 Å². The summed E-state index contributed by atoms with van der Waals surface area (Å²) in [4.78, 5) is 166. The molecule has 0 aromatic heterocycles. The predicted molar refractivity (Wildman–Crippen MR) is 315 cm³/mol. The van der Waals surface area contributed by atoms with Crippen LogP contribution >= 0.6 is 0 Å². The number of rotatable bonds is 14. The lowest BCUT2D eigenvalue weighted by atomic mass is 9.92. The number of likely N-dealkylation sites (N-methyl/N-ethyl adjacent to an activating group) is 7. The maximum Gasteiger partial charge on any atom is 0.246 e. The Labute approximate surface area is 489 Å². The van der Waals surface area contributed by atoms with Crippen molar-refractivity contribution in [2.75, 3.05) is 62.4 Å². The van der Waals surface area contributed by atoms with Gasteiger partial charge in [0, 0.05) is 49.3 Å². The van der Waals surface area contributed by atoms with Gasteiger partial charge >= 0.3 is 0 Å². The molecule has 1 aliphatic rings. The Balaban J connectivity index is 4.17. The Hall–Kier alpha value is -6.13. The number of allylic oxidation sites excluding steroid dienone is 2. The van der Waals surface area contributed by atoms with Crippen LogP contribution in [0.15, 0.2) is 12.2 Å². The van der Waals surface area contributed by atoms with Gasteiger partial charge in [0.2, 0.25) is 65.0 Å². The molecule has 468 valence electrons. The van der Waals surface area contributed by atoms with Gasteiger partial charge in [-0.3, -0.25) is 52.7 Å². The number of nitrogens with one attached hydrogen (secondary N) is 4. The van der Waals surface area contributed by atoms with E-state index in [1.54, 1.807) is 46.8 Å². The minimum absolute atomic E-state index is 0.0282. The average molecular weight is 1160 g/mol. The van der Waals surface area contributed by atoms with Gasteiger partial charge in [-0.1, -0.05) is 95.2 Å². The van der Waals surface area contributed by atoms with Crippen molar-refractivity contribution in [3.63, 3.8) is 0 Å². The van der Waals surface area contributed by atoms with Crippen molar-refractivity contribution in [2.24, 2.45) is 35.5 Å². The fraction of sp³-hybridized carbons (Fsp3) is 0.780. The second kappa shape index (κ2) is 33.8. The number of hydrogen-bond donors (Lipinski definition) is 5. The molecule has 82 heavy (non-hydrogen) atoms. The van der Waals surface area contributed by atoms with Crippen LogP contribution in [0.1, 0.15) is 142 Å². The van der Waals surface area contributed by atoms with E-state index in [-0.39, 0.29) is 55.8 Å². The Bertz CT molecular complexity index is 2240. The summed E-state index contributed by atoms with van der Waals surface area (Å²) < 4.78 is 0. The Kier molecular flexibility index (Phi) is 30.5. The Morgan fingerprint density at radius 3 is 1.34 bits per heavy atom. The molecule has 23 heteroatoms. The van der Waals surface area contributed by atoms with Gasteiger partial charge in [-0.2, -0.15) is 0 Å². The molecule has 23 nitrogen and oxygen atoms in total. The van der Waals surface area contributed by atoms with Crippen LogP contribution in [0, 0.1) is 35.5 Å². The van der Waals surface area contributed by atoms with Gasteiger partial charge in [0.15, 0.2) is 0 Å². The zero-order chi connectivity index (χ0) is 63.5. The van der Waals surface area contributed by atoms with Gasteiger partial charge in [0.25, 0.3) is 0 Å². The van der Waals surface area contributed by atoms with Gasteiger partial charge in [-0.15, -0.1) is 0 Å². The normalized spacial score (nSPS) is 26.5. The highest BCUT2D eigenvalue weighted by atomic mass is 16.3. The Morgan fingerprint density at radius 2 is 0.878 bits per heavy atom. The largest absolute Gasteiger partial charge is 0.390 e. The number of amides is 11. The van der Waals surface area contributed by atoms with E-state index in [2.05, 4.69) is 21.3 Å². The van der Waals surface area contributed by atoms with Crippen LogP contribution in [0.3, 0.4) is 0 Å². The van der Waals surface area contributed by atoms with Crippen LogP contribution in [0.4, 0.5) is 0 Å². The highest BCUT2D eigenvalue weighted by molar-refractivity contribution is 5.99. The molecule has 1 aliphatic heterocycles. The van der Waals surface area contributed by atoms with Crippen LogP contribution in [0.2, 0.25) is 0 Å². The lowest BCUT2D eigenvalue weighted by Crippen LogP contribution is -2.61.